The average molecular weight is 376 g/mol. The molecule has 2 aromatic heterocycles. The number of nitrogens with zero attached hydrogens (tertiary/aromatic N) is 2. The number of ketones is 1. The summed E-state index contributed by atoms with van der Waals surface area (Å²) in [4.78, 5) is 32.3. The van der Waals surface area contributed by atoms with Crippen molar-refractivity contribution in [2.45, 2.75) is 13.0 Å². The summed E-state index contributed by atoms with van der Waals surface area (Å²) in [5.41, 5.74) is 1.31. The fourth-order valence-corrected chi connectivity index (χ4v) is 4.02. The summed E-state index contributed by atoms with van der Waals surface area (Å²) in [6.45, 7) is 1.82. The van der Waals surface area contributed by atoms with E-state index >= 15 is 0 Å². The maximum Gasteiger partial charge on any atom is 0.301 e. The Labute approximate surface area is 160 Å². The van der Waals surface area contributed by atoms with Gasteiger partial charge in [-0.1, -0.05) is 42.5 Å². The van der Waals surface area contributed by atoms with E-state index in [2.05, 4.69) is 4.98 Å². The van der Waals surface area contributed by atoms with Crippen LogP contribution in [0.4, 0.5) is 5.82 Å². The van der Waals surface area contributed by atoms with Gasteiger partial charge in [-0.3, -0.25) is 14.5 Å². The molecule has 3 aromatic rings. The zero-order chi connectivity index (χ0) is 19.0. The molecule has 0 bridgehead atoms. The van der Waals surface area contributed by atoms with Gasteiger partial charge in [-0.2, -0.15) is 0 Å². The molecule has 1 unspecified atom stereocenters. The average Bonchev–Trinajstić information content (AvgIpc) is 3.29. The summed E-state index contributed by atoms with van der Waals surface area (Å²) >= 11 is 1.42. The third-order valence-corrected chi connectivity index (χ3v) is 5.35. The van der Waals surface area contributed by atoms with Gasteiger partial charge in [-0.25, -0.2) is 4.98 Å². The second kappa shape index (κ2) is 6.81. The van der Waals surface area contributed by atoms with E-state index in [4.69, 9.17) is 0 Å². The Bertz CT molecular complexity index is 1040. The highest BCUT2D eigenvalue weighted by Crippen LogP contribution is 2.42. The zero-order valence-corrected chi connectivity index (χ0v) is 15.3. The molecular formula is C21H16N2O3S. The van der Waals surface area contributed by atoms with E-state index in [1.54, 1.807) is 36.4 Å². The Balaban J connectivity index is 1.94. The first-order valence-corrected chi connectivity index (χ1v) is 9.29. The van der Waals surface area contributed by atoms with Crippen LogP contribution in [0.3, 0.4) is 0 Å². The van der Waals surface area contributed by atoms with Gasteiger partial charge in [0.25, 0.3) is 5.78 Å². The lowest BCUT2D eigenvalue weighted by atomic mass is 10.00. The predicted octanol–water partition coefficient (Wildman–Crippen LogP) is 4.08. The third-order valence-electron chi connectivity index (χ3n) is 4.42. The van der Waals surface area contributed by atoms with E-state index < -0.39 is 17.7 Å². The number of amides is 1. The van der Waals surface area contributed by atoms with E-state index in [0.717, 1.165) is 10.6 Å². The number of aryl methyl sites for hydroxylation is 1. The van der Waals surface area contributed by atoms with Gasteiger partial charge in [-0.15, -0.1) is 11.3 Å². The molecule has 1 N–H and O–H groups in total. The largest absolute Gasteiger partial charge is 0.507 e. The number of aliphatic hydroxyl groups is 1. The maximum atomic E-state index is 12.9. The van der Waals surface area contributed by atoms with Crippen LogP contribution in [0.1, 0.15) is 22.2 Å². The molecule has 1 aromatic carbocycles. The van der Waals surface area contributed by atoms with Crippen molar-refractivity contribution in [1.82, 2.24) is 4.98 Å². The predicted molar refractivity (Wildman–Crippen MR) is 105 cm³/mol. The highest BCUT2D eigenvalue weighted by atomic mass is 32.1. The SMILES string of the molecule is Cc1cccc(N2C(=O)C(=O)/C(=C(/O)c3ccccc3)C2c2cccs2)n1. The van der Waals surface area contributed by atoms with Crippen LogP contribution in [-0.2, 0) is 9.59 Å². The first-order valence-electron chi connectivity index (χ1n) is 8.41. The molecule has 1 saturated heterocycles. The van der Waals surface area contributed by atoms with Crippen LogP contribution in [0.5, 0.6) is 0 Å². The van der Waals surface area contributed by atoms with Crippen LogP contribution < -0.4 is 4.90 Å². The topological polar surface area (TPSA) is 70.5 Å². The van der Waals surface area contributed by atoms with Gasteiger partial charge in [0.2, 0.25) is 0 Å². The number of pyridine rings is 1. The molecule has 1 aliphatic rings. The summed E-state index contributed by atoms with van der Waals surface area (Å²) in [7, 11) is 0. The molecule has 5 nitrogen and oxygen atoms in total. The van der Waals surface area contributed by atoms with Crippen LogP contribution >= 0.6 is 11.3 Å². The van der Waals surface area contributed by atoms with Crippen molar-refractivity contribution < 1.29 is 14.7 Å². The number of carbonyl (C=O) groups excluding carboxylic acids is 2. The van der Waals surface area contributed by atoms with E-state index in [1.165, 1.54) is 16.2 Å². The molecule has 0 saturated carbocycles. The number of Topliss-reactive ketones (excluding diaryl/α,β-unsaturated/α-hetero) is 1. The monoisotopic (exact) mass is 376 g/mol. The Kier molecular flexibility index (Phi) is 4.33. The van der Waals surface area contributed by atoms with Crippen molar-refractivity contribution in [2.24, 2.45) is 0 Å². The molecule has 1 atom stereocenters. The van der Waals surface area contributed by atoms with E-state index in [1.807, 2.05) is 36.6 Å². The lowest BCUT2D eigenvalue weighted by Crippen LogP contribution is -2.30. The maximum absolute atomic E-state index is 12.9. The van der Waals surface area contributed by atoms with E-state index in [9.17, 15) is 14.7 Å². The smallest absolute Gasteiger partial charge is 0.301 e. The lowest BCUT2D eigenvalue weighted by Gasteiger charge is -2.23. The number of hydrogen-bond acceptors (Lipinski definition) is 5. The first-order chi connectivity index (χ1) is 13.1. The quantitative estimate of drug-likeness (QED) is 0.425. The van der Waals surface area contributed by atoms with Gasteiger partial charge in [0.05, 0.1) is 5.57 Å². The normalized spacial score (nSPS) is 18.9. The summed E-state index contributed by atoms with van der Waals surface area (Å²) in [5.74, 6) is -1.19. The number of carbonyl (C=O) groups is 2. The van der Waals surface area contributed by atoms with Gasteiger partial charge in [0, 0.05) is 16.1 Å². The standard InChI is InChI=1S/C21H16N2O3S/c1-13-7-5-11-16(22-13)23-18(15-10-6-12-27-15)17(20(25)21(23)26)19(24)14-8-3-2-4-9-14/h2-12,18,24H,1H3/b19-17+. The van der Waals surface area contributed by atoms with Gasteiger partial charge in [0.1, 0.15) is 17.6 Å². The van der Waals surface area contributed by atoms with Gasteiger partial charge < -0.3 is 5.11 Å². The number of thiophene rings is 1. The number of aliphatic hydroxyl groups excluding tert-OH is 1. The molecule has 0 spiro atoms. The number of rotatable bonds is 3. The van der Waals surface area contributed by atoms with Crippen molar-refractivity contribution in [3.8, 4) is 0 Å². The molecule has 1 amide bonds. The van der Waals surface area contributed by atoms with Crippen LogP contribution in [0.25, 0.3) is 5.76 Å². The van der Waals surface area contributed by atoms with Crippen molar-refractivity contribution in [3.05, 3.63) is 87.8 Å². The molecule has 3 heterocycles. The van der Waals surface area contributed by atoms with Crippen LogP contribution in [0, 0.1) is 6.92 Å². The lowest BCUT2D eigenvalue weighted by molar-refractivity contribution is -0.132. The molecule has 1 aliphatic heterocycles. The van der Waals surface area contributed by atoms with Gasteiger partial charge in [0.15, 0.2) is 0 Å². The van der Waals surface area contributed by atoms with Crippen molar-refractivity contribution >= 4 is 34.6 Å². The number of aromatic nitrogens is 1. The Morgan fingerprint density at radius 2 is 1.81 bits per heavy atom. The number of hydrogen-bond donors (Lipinski definition) is 1. The van der Waals surface area contributed by atoms with Crippen molar-refractivity contribution in [3.63, 3.8) is 0 Å². The van der Waals surface area contributed by atoms with E-state index in [-0.39, 0.29) is 11.3 Å². The highest BCUT2D eigenvalue weighted by Gasteiger charge is 2.47. The highest BCUT2D eigenvalue weighted by molar-refractivity contribution is 7.10. The summed E-state index contributed by atoms with van der Waals surface area (Å²) in [6, 6.07) is 17.1. The first kappa shape index (κ1) is 17.2. The zero-order valence-electron chi connectivity index (χ0n) is 14.5. The second-order valence-electron chi connectivity index (χ2n) is 6.19. The summed E-state index contributed by atoms with van der Waals surface area (Å²) < 4.78 is 0. The molecule has 0 radical (unpaired) electrons. The minimum Gasteiger partial charge on any atom is -0.507 e. The van der Waals surface area contributed by atoms with Crippen LogP contribution in [-0.4, -0.2) is 21.8 Å². The minimum absolute atomic E-state index is 0.0805. The molecule has 0 aliphatic carbocycles. The Morgan fingerprint density at radius 1 is 1.04 bits per heavy atom. The number of anilines is 1. The molecule has 27 heavy (non-hydrogen) atoms. The fourth-order valence-electron chi connectivity index (χ4n) is 3.20. The van der Waals surface area contributed by atoms with Crippen LogP contribution in [0.15, 0.2) is 71.6 Å². The molecule has 1 fully saturated rings. The second-order valence-corrected chi connectivity index (χ2v) is 7.17. The van der Waals surface area contributed by atoms with Gasteiger partial charge in [-0.05, 0) is 30.5 Å². The molecule has 4 rings (SSSR count). The third kappa shape index (κ3) is 2.94. The Hall–Kier alpha value is -3.25. The fraction of sp³-hybridized carbons (Fsp3) is 0.0952. The molecule has 134 valence electrons. The summed E-state index contributed by atoms with van der Waals surface area (Å²) in [5, 5.41) is 12.7. The summed E-state index contributed by atoms with van der Waals surface area (Å²) in [6.07, 6.45) is 0. The van der Waals surface area contributed by atoms with Crippen molar-refractivity contribution in [1.29, 1.82) is 0 Å². The van der Waals surface area contributed by atoms with Gasteiger partial charge >= 0.3 is 5.91 Å². The Morgan fingerprint density at radius 3 is 2.48 bits per heavy atom. The number of benzene rings is 1. The molecular weight excluding hydrogens is 360 g/mol. The van der Waals surface area contributed by atoms with Crippen molar-refractivity contribution in [2.75, 3.05) is 4.90 Å². The van der Waals surface area contributed by atoms with Crippen LogP contribution in [0.2, 0.25) is 0 Å². The molecule has 6 heteroatoms. The van der Waals surface area contributed by atoms with E-state index in [0.29, 0.717) is 11.4 Å². The minimum atomic E-state index is -0.710.